The van der Waals surface area contributed by atoms with Crippen LogP contribution in [0.25, 0.3) is 16.6 Å². The Balaban J connectivity index is 1.77. The normalized spacial score (nSPS) is 18.7. The third-order valence-electron chi connectivity index (χ3n) is 5.21. The first-order valence-electron chi connectivity index (χ1n) is 10.2. The monoisotopic (exact) mass is 441 g/mol. The fourth-order valence-corrected chi connectivity index (χ4v) is 3.75. The summed E-state index contributed by atoms with van der Waals surface area (Å²) >= 11 is 0. The van der Waals surface area contributed by atoms with Crippen molar-refractivity contribution in [3.63, 3.8) is 0 Å². The van der Waals surface area contributed by atoms with Crippen molar-refractivity contribution in [2.75, 3.05) is 31.4 Å². The highest BCUT2D eigenvalue weighted by atomic mass is 16.6. The van der Waals surface area contributed by atoms with Crippen LogP contribution in [0.1, 0.15) is 32.9 Å². The van der Waals surface area contributed by atoms with Crippen molar-refractivity contribution in [1.82, 2.24) is 14.6 Å². The number of nitrogen functional groups attached to an aromatic ring is 1. The van der Waals surface area contributed by atoms with E-state index in [-0.39, 0.29) is 12.4 Å². The molecular weight excluding hydrogens is 414 g/mol. The molecule has 0 spiro atoms. The smallest absolute Gasteiger partial charge is 0.412 e. The van der Waals surface area contributed by atoms with Gasteiger partial charge in [-0.15, -0.1) is 0 Å². The van der Waals surface area contributed by atoms with Gasteiger partial charge in [0.15, 0.2) is 5.82 Å². The predicted octanol–water partition coefficient (Wildman–Crippen LogP) is 2.94. The summed E-state index contributed by atoms with van der Waals surface area (Å²) in [6.45, 7) is 6.00. The number of nitrogens with two attached hydrogens (primary N) is 1. The zero-order chi connectivity index (χ0) is 23.1. The van der Waals surface area contributed by atoms with Crippen molar-refractivity contribution in [3.8, 4) is 16.9 Å². The molecule has 4 N–H and O–H groups in total. The number of ether oxygens (including phenoxy) is 3. The second-order valence-electron chi connectivity index (χ2n) is 8.73. The summed E-state index contributed by atoms with van der Waals surface area (Å²) in [5, 5.41) is 18.1. The lowest BCUT2D eigenvalue weighted by atomic mass is 9.97. The highest BCUT2D eigenvalue weighted by Gasteiger charge is 2.38. The Morgan fingerprint density at radius 1 is 1.34 bits per heavy atom. The summed E-state index contributed by atoms with van der Waals surface area (Å²) in [6, 6.07) is 7.14. The Hall–Kier alpha value is -3.37. The number of benzene rings is 1. The predicted molar refractivity (Wildman–Crippen MR) is 119 cm³/mol. The number of hydrogen-bond donors (Lipinski definition) is 3. The molecule has 32 heavy (non-hydrogen) atoms. The zero-order valence-corrected chi connectivity index (χ0v) is 18.5. The first kappa shape index (κ1) is 21.8. The highest BCUT2D eigenvalue weighted by Crippen LogP contribution is 2.39. The van der Waals surface area contributed by atoms with Gasteiger partial charge in [0.2, 0.25) is 0 Å². The van der Waals surface area contributed by atoms with E-state index in [2.05, 4.69) is 15.4 Å². The number of anilines is 2. The van der Waals surface area contributed by atoms with Crippen molar-refractivity contribution in [2.24, 2.45) is 0 Å². The summed E-state index contributed by atoms with van der Waals surface area (Å²) in [5.41, 5.74) is 7.46. The van der Waals surface area contributed by atoms with E-state index in [0.717, 1.165) is 11.1 Å². The minimum absolute atomic E-state index is 0.171. The molecule has 0 bridgehead atoms. The average molecular weight is 441 g/mol. The molecule has 170 valence electrons. The SMILES string of the molecule is COc1cc(-c2cc(C3(O)CCOC3)n3ncnc(N)c23)ccc1NC(=O)OC(C)(C)C. The maximum atomic E-state index is 12.2. The van der Waals surface area contributed by atoms with E-state index in [1.807, 2.05) is 12.1 Å². The van der Waals surface area contributed by atoms with Crippen molar-refractivity contribution in [3.05, 3.63) is 36.3 Å². The Labute approximate surface area is 185 Å². The number of aromatic nitrogens is 3. The van der Waals surface area contributed by atoms with E-state index >= 15 is 0 Å². The number of rotatable bonds is 4. The van der Waals surface area contributed by atoms with E-state index in [4.69, 9.17) is 19.9 Å². The molecule has 1 amide bonds. The first-order chi connectivity index (χ1) is 15.1. The number of fused-ring (bicyclic) bond motifs is 1. The molecule has 1 atom stereocenters. The summed E-state index contributed by atoms with van der Waals surface area (Å²) in [5.74, 6) is 0.714. The maximum Gasteiger partial charge on any atom is 0.412 e. The second kappa shape index (κ2) is 7.95. The van der Waals surface area contributed by atoms with Gasteiger partial charge >= 0.3 is 6.09 Å². The lowest BCUT2D eigenvalue weighted by Gasteiger charge is -2.20. The van der Waals surface area contributed by atoms with Gasteiger partial charge in [-0.05, 0) is 44.5 Å². The maximum absolute atomic E-state index is 12.2. The molecule has 3 heterocycles. The van der Waals surface area contributed by atoms with Crippen LogP contribution in [0.4, 0.5) is 16.3 Å². The van der Waals surface area contributed by atoms with Gasteiger partial charge in [-0.1, -0.05) is 6.07 Å². The van der Waals surface area contributed by atoms with Crippen LogP contribution in [0.15, 0.2) is 30.6 Å². The number of amides is 1. The van der Waals surface area contributed by atoms with Gasteiger partial charge in [-0.3, -0.25) is 5.32 Å². The van der Waals surface area contributed by atoms with Crippen LogP contribution < -0.4 is 15.8 Å². The molecule has 4 rings (SSSR count). The third-order valence-corrected chi connectivity index (χ3v) is 5.21. The minimum atomic E-state index is -1.18. The van der Waals surface area contributed by atoms with Crippen molar-refractivity contribution >= 4 is 23.1 Å². The van der Waals surface area contributed by atoms with Gasteiger partial charge in [0.05, 0.1) is 25.1 Å². The number of methoxy groups -OCH3 is 1. The largest absolute Gasteiger partial charge is 0.495 e. The molecule has 1 aliphatic heterocycles. The molecule has 3 aromatic rings. The molecule has 1 fully saturated rings. The highest BCUT2D eigenvalue weighted by molar-refractivity contribution is 5.92. The number of nitrogens with one attached hydrogen (secondary N) is 1. The molecule has 0 radical (unpaired) electrons. The second-order valence-corrected chi connectivity index (χ2v) is 8.73. The molecule has 1 saturated heterocycles. The lowest BCUT2D eigenvalue weighted by molar-refractivity contribution is 0.0180. The average Bonchev–Trinajstić information content (AvgIpc) is 3.32. The molecule has 10 heteroatoms. The van der Waals surface area contributed by atoms with E-state index in [1.165, 1.54) is 13.4 Å². The number of carbonyl (C=O) groups is 1. The van der Waals surface area contributed by atoms with E-state index < -0.39 is 17.3 Å². The summed E-state index contributed by atoms with van der Waals surface area (Å²) in [7, 11) is 1.51. The van der Waals surface area contributed by atoms with Gasteiger partial charge in [0.25, 0.3) is 0 Å². The number of hydrogen-bond acceptors (Lipinski definition) is 8. The molecule has 2 aromatic heterocycles. The van der Waals surface area contributed by atoms with Crippen LogP contribution in [0.5, 0.6) is 5.75 Å². The molecular formula is C22H27N5O5. The molecule has 0 saturated carbocycles. The van der Waals surface area contributed by atoms with Crippen molar-refractivity contribution in [2.45, 2.75) is 38.4 Å². The molecule has 10 nitrogen and oxygen atoms in total. The molecule has 1 aromatic carbocycles. The summed E-state index contributed by atoms with van der Waals surface area (Å²) < 4.78 is 17.8. The summed E-state index contributed by atoms with van der Waals surface area (Å²) in [4.78, 5) is 16.3. The number of carbonyl (C=O) groups excluding carboxylic acids is 1. The Kier molecular flexibility index (Phi) is 5.43. The third kappa shape index (κ3) is 4.06. The van der Waals surface area contributed by atoms with Gasteiger partial charge in [-0.2, -0.15) is 5.10 Å². The van der Waals surface area contributed by atoms with Crippen molar-refractivity contribution in [1.29, 1.82) is 0 Å². The van der Waals surface area contributed by atoms with E-state index in [0.29, 0.717) is 35.7 Å². The van der Waals surface area contributed by atoms with Gasteiger partial charge in [0, 0.05) is 18.6 Å². The van der Waals surface area contributed by atoms with Crippen LogP contribution in [0.2, 0.25) is 0 Å². The Bertz CT molecular complexity index is 1160. The first-order valence-corrected chi connectivity index (χ1v) is 10.2. The van der Waals surface area contributed by atoms with Gasteiger partial charge < -0.3 is 25.1 Å². The Morgan fingerprint density at radius 2 is 2.12 bits per heavy atom. The van der Waals surface area contributed by atoms with Crippen LogP contribution in [0, 0.1) is 0 Å². The number of aliphatic hydroxyl groups is 1. The minimum Gasteiger partial charge on any atom is -0.495 e. The van der Waals surface area contributed by atoms with E-state index in [1.54, 1.807) is 37.4 Å². The fraction of sp³-hybridized carbons (Fsp3) is 0.409. The number of nitrogens with zero attached hydrogens (tertiary/aromatic N) is 3. The van der Waals surface area contributed by atoms with Crippen LogP contribution >= 0.6 is 0 Å². The molecule has 1 unspecified atom stereocenters. The lowest BCUT2D eigenvalue weighted by Crippen LogP contribution is -2.28. The quantitative estimate of drug-likeness (QED) is 0.563. The van der Waals surface area contributed by atoms with Crippen molar-refractivity contribution < 1.29 is 24.1 Å². The van der Waals surface area contributed by atoms with Crippen LogP contribution in [-0.2, 0) is 15.1 Å². The standard InChI is InChI=1S/C22H27N5O5/c1-21(2,3)32-20(28)26-15-6-5-13(9-16(15)30-4)14-10-17(22(29)7-8-31-11-22)27-18(14)19(23)24-12-25-27/h5-6,9-10,12,29H,7-8,11H2,1-4H3,(H,26,28)(H2,23,24,25). The molecule has 1 aliphatic rings. The van der Waals surface area contributed by atoms with Gasteiger partial charge in [-0.25, -0.2) is 14.3 Å². The topological polar surface area (TPSA) is 133 Å². The zero-order valence-electron chi connectivity index (χ0n) is 18.5. The fourth-order valence-electron chi connectivity index (χ4n) is 3.75. The Morgan fingerprint density at radius 3 is 2.78 bits per heavy atom. The van der Waals surface area contributed by atoms with Crippen LogP contribution in [-0.4, -0.2) is 51.7 Å². The summed E-state index contributed by atoms with van der Waals surface area (Å²) in [6.07, 6.45) is 1.22. The van der Waals surface area contributed by atoms with Crippen LogP contribution in [0.3, 0.4) is 0 Å². The van der Waals surface area contributed by atoms with Gasteiger partial charge in [0.1, 0.15) is 28.8 Å². The van der Waals surface area contributed by atoms with E-state index in [9.17, 15) is 9.90 Å². The molecule has 0 aliphatic carbocycles.